The zero-order chi connectivity index (χ0) is 29.7. The number of nitrogen functional groups attached to an aromatic ring is 1. The highest BCUT2D eigenvalue weighted by Crippen LogP contribution is 2.41. The molecule has 0 bridgehead atoms. The van der Waals surface area contributed by atoms with E-state index in [4.69, 9.17) is 24.1 Å². The van der Waals surface area contributed by atoms with E-state index in [1.165, 1.54) is 30.7 Å². The van der Waals surface area contributed by atoms with Crippen LogP contribution in [0.5, 0.6) is 0 Å². The summed E-state index contributed by atoms with van der Waals surface area (Å²) in [5.74, 6) is -1.43. The summed E-state index contributed by atoms with van der Waals surface area (Å²) in [6.45, 7) is 2.01. The summed E-state index contributed by atoms with van der Waals surface area (Å²) in [5.41, 5.74) is 6.38. The second kappa shape index (κ2) is 13.4. The van der Waals surface area contributed by atoms with Crippen molar-refractivity contribution in [3.8, 4) is 0 Å². The van der Waals surface area contributed by atoms with Gasteiger partial charge >= 0.3 is 11.8 Å². The zero-order valence-electron chi connectivity index (χ0n) is 22.6. The lowest BCUT2D eigenvalue weighted by Crippen LogP contribution is -2.71. The highest BCUT2D eigenvalue weighted by atomic mass is 32.2. The molecule has 0 aliphatic carbocycles. The Bertz CT molecular complexity index is 1460. The van der Waals surface area contributed by atoms with Gasteiger partial charge in [0, 0.05) is 23.4 Å². The Morgan fingerprint density at radius 2 is 2.15 bits per heavy atom. The van der Waals surface area contributed by atoms with Crippen molar-refractivity contribution in [1.29, 1.82) is 0 Å². The quantitative estimate of drug-likeness (QED) is 0.113. The van der Waals surface area contributed by atoms with Crippen LogP contribution in [-0.2, 0) is 30.6 Å². The second-order valence-electron chi connectivity index (χ2n) is 8.91. The highest BCUT2D eigenvalue weighted by Gasteiger charge is 2.54. The van der Waals surface area contributed by atoms with E-state index in [0.29, 0.717) is 11.3 Å². The number of nitrogens with zero attached hydrogens (tertiary/aromatic N) is 4. The van der Waals surface area contributed by atoms with Crippen molar-refractivity contribution in [2.75, 3.05) is 45.0 Å². The molecule has 2 amide bonds. The molecule has 14 nitrogen and oxygen atoms in total. The first kappa shape index (κ1) is 30.4. The minimum atomic E-state index is -0.942. The van der Waals surface area contributed by atoms with Gasteiger partial charge in [-0.15, -0.1) is 34.9 Å². The first-order valence-electron chi connectivity index (χ1n) is 12.1. The summed E-state index contributed by atoms with van der Waals surface area (Å²) < 4.78 is 15.1. The first-order chi connectivity index (χ1) is 19.6. The molecule has 1 saturated heterocycles. The number of esters is 1. The number of thioether (sulfide) groups is 2. The van der Waals surface area contributed by atoms with Crippen molar-refractivity contribution < 1.29 is 32.8 Å². The second-order valence-corrected chi connectivity index (χ2v) is 11.9. The van der Waals surface area contributed by atoms with Crippen molar-refractivity contribution in [2.45, 2.75) is 24.9 Å². The predicted octanol–water partition coefficient (Wildman–Crippen LogP) is 1.14. The smallest absolute Gasteiger partial charge is 0.453 e. The third kappa shape index (κ3) is 7.03. The topological polar surface area (TPSA) is 183 Å². The normalized spacial score (nSPS) is 19.0. The molecular formula is C24H28N6O8S3. The molecule has 17 heteroatoms. The van der Waals surface area contributed by atoms with Crippen molar-refractivity contribution >= 4 is 63.5 Å². The Kier molecular flexibility index (Phi) is 9.95. The van der Waals surface area contributed by atoms with E-state index in [-0.39, 0.29) is 40.4 Å². The van der Waals surface area contributed by atoms with Crippen molar-refractivity contribution in [1.82, 2.24) is 20.1 Å². The fourth-order valence-electron chi connectivity index (χ4n) is 3.80. The number of amides is 2. The van der Waals surface area contributed by atoms with Gasteiger partial charge in [-0.05, 0) is 38.1 Å². The molecule has 4 rings (SSSR count). The molecule has 2 aromatic heterocycles. The number of hydrogen-bond acceptors (Lipinski definition) is 15. The average molecular weight is 625 g/mol. The number of nitrogens with one attached hydrogen (secondary N) is 1. The number of aryl methyl sites for hydroxylation is 1. The number of carbonyl (C=O) groups excluding carboxylic acids is 3. The largest absolute Gasteiger partial charge is 0.519 e. The lowest BCUT2D eigenvalue weighted by atomic mass is 10.0. The van der Waals surface area contributed by atoms with Crippen LogP contribution in [0.4, 0.5) is 5.13 Å². The lowest BCUT2D eigenvalue weighted by molar-refractivity contribution is -0.153. The van der Waals surface area contributed by atoms with Gasteiger partial charge in [-0.25, -0.2) is 14.6 Å². The zero-order valence-corrected chi connectivity index (χ0v) is 25.0. The number of oxime groups is 1. The van der Waals surface area contributed by atoms with E-state index in [0.717, 1.165) is 23.6 Å². The Balaban J connectivity index is 1.53. The lowest BCUT2D eigenvalue weighted by Gasteiger charge is -2.49. The molecule has 0 aromatic carbocycles. The van der Waals surface area contributed by atoms with Gasteiger partial charge in [-0.2, -0.15) is 0 Å². The maximum Gasteiger partial charge on any atom is 0.519 e. The minimum Gasteiger partial charge on any atom is -0.453 e. The molecule has 2 atom stereocenters. The van der Waals surface area contributed by atoms with Crippen molar-refractivity contribution in [3.63, 3.8) is 0 Å². The Morgan fingerprint density at radius 3 is 2.78 bits per heavy atom. The molecule has 0 spiro atoms. The van der Waals surface area contributed by atoms with Crippen LogP contribution in [0.1, 0.15) is 17.2 Å². The number of ether oxygens (including phenoxy) is 1. The average Bonchev–Trinajstić information content (AvgIpc) is 3.51. The summed E-state index contributed by atoms with van der Waals surface area (Å²) >= 11 is 4.07. The number of anilines is 1. The fraction of sp³-hybridized carbons (Fsp3) is 0.417. The van der Waals surface area contributed by atoms with Crippen molar-refractivity contribution in [3.05, 3.63) is 56.0 Å². The molecule has 0 unspecified atom stereocenters. The van der Waals surface area contributed by atoms with E-state index in [2.05, 4.69) is 20.4 Å². The molecule has 2 aliphatic heterocycles. The van der Waals surface area contributed by atoms with Gasteiger partial charge in [0.25, 0.3) is 11.8 Å². The third-order valence-electron chi connectivity index (χ3n) is 5.83. The molecule has 3 N–H and O–H groups in total. The van der Waals surface area contributed by atoms with E-state index in [1.54, 1.807) is 23.2 Å². The van der Waals surface area contributed by atoms with Crippen molar-refractivity contribution in [2.24, 2.45) is 5.16 Å². The number of aromatic nitrogens is 1. The van der Waals surface area contributed by atoms with Gasteiger partial charge in [-0.1, -0.05) is 5.16 Å². The van der Waals surface area contributed by atoms with Crippen LogP contribution >= 0.6 is 34.9 Å². The van der Waals surface area contributed by atoms with E-state index >= 15 is 0 Å². The summed E-state index contributed by atoms with van der Waals surface area (Å²) in [5, 5.41) is 9.49. The van der Waals surface area contributed by atoms with Gasteiger partial charge in [0.05, 0.1) is 0 Å². The van der Waals surface area contributed by atoms with E-state index in [1.807, 2.05) is 19.5 Å². The predicted molar refractivity (Wildman–Crippen MR) is 154 cm³/mol. The number of allylic oxidation sites excluding steroid dienone is 1. The van der Waals surface area contributed by atoms with Crippen LogP contribution in [0.3, 0.4) is 0 Å². The summed E-state index contributed by atoms with van der Waals surface area (Å²) in [4.78, 5) is 63.3. The standard InChI is InChI=1S/C24H28N6O8S3/c1-12-15(38-24(34)37-12)9-36-22(33)18-13(5-7-39-8-6-29(2)3)10-40-21-17(20(32)30(18)21)27-19(31)16(28-35-4)14-11-41-23(25)26-14/h5,7,11,17,21H,6,8-10H2,1-4H3,(H2,25,26)(H,27,31)/b7-5+,28-16?/t17-,21-/m1/s1. The maximum absolute atomic E-state index is 13.3. The van der Waals surface area contributed by atoms with Gasteiger partial charge in [0.2, 0.25) is 0 Å². The molecule has 0 saturated carbocycles. The highest BCUT2D eigenvalue weighted by molar-refractivity contribution is 8.02. The Hall–Kier alpha value is -3.54. The molecule has 41 heavy (non-hydrogen) atoms. The van der Waals surface area contributed by atoms with Gasteiger partial charge < -0.3 is 34.4 Å². The molecule has 2 aliphatic rings. The van der Waals surface area contributed by atoms with Gasteiger partial charge in [-0.3, -0.25) is 14.5 Å². The number of hydrogen-bond donors (Lipinski definition) is 2. The molecule has 4 heterocycles. The Labute approximate surface area is 247 Å². The maximum atomic E-state index is 13.3. The number of thiazole rings is 1. The Morgan fingerprint density at radius 1 is 1.37 bits per heavy atom. The van der Waals surface area contributed by atoms with E-state index < -0.39 is 35.0 Å². The van der Waals surface area contributed by atoms with Crippen LogP contribution in [0.15, 0.2) is 46.9 Å². The van der Waals surface area contributed by atoms with Crippen LogP contribution < -0.4 is 16.9 Å². The van der Waals surface area contributed by atoms with Crippen LogP contribution in [-0.4, -0.2) is 89.0 Å². The molecule has 220 valence electrons. The number of carbonyl (C=O) groups is 3. The molecule has 2 aromatic rings. The van der Waals surface area contributed by atoms with Crippen LogP contribution in [0.25, 0.3) is 0 Å². The fourth-order valence-corrected chi connectivity index (χ4v) is 6.53. The third-order valence-corrected chi connectivity index (χ3v) is 8.55. The number of nitrogens with two attached hydrogens (primary N) is 1. The van der Waals surface area contributed by atoms with Crippen LogP contribution in [0, 0.1) is 6.92 Å². The summed E-state index contributed by atoms with van der Waals surface area (Å²) in [7, 11) is 5.23. The molecule has 0 radical (unpaired) electrons. The van der Waals surface area contributed by atoms with E-state index in [9.17, 15) is 19.2 Å². The summed E-state index contributed by atoms with van der Waals surface area (Å²) in [6.07, 6.45) is 1.78. The van der Waals surface area contributed by atoms with Gasteiger partial charge in [0.1, 0.15) is 29.9 Å². The molecular weight excluding hydrogens is 596 g/mol. The monoisotopic (exact) mass is 624 g/mol. The molecule has 1 fully saturated rings. The first-order valence-corrected chi connectivity index (χ1v) is 15.1. The summed E-state index contributed by atoms with van der Waals surface area (Å²) in [6, 6.07) is -0.942. The van der Waals surface area contributed by atoms with Crippen LogP contribution in [0.2, 0.25) is 0 Å². The SMILES string of the molecule is CON=C(C(=O)N[C@@H]1C(=O)N2C(C(=O)OCc3oc(=O)oc3C)=C(/C=C/SCCN(C)C)CS[C@H]12)c1csc(N)n1. The number of β-lactam (4-membered cyclic amide) rings is 1. The van der Waals surface area contributed by atoms with Gasteiger partial charge in [0.15, 0.2) is 29.0 Å². The number of fused-ring (bicyclic) bond motifs is 1. The minimum absolute atomic E-state index is 0.0512. The number of rotatable bonds is 12.